The van der Waals surface area contributed by atoms with Crippen LogP contribution in [0.5, 0.6) is 11.8 Å². The normalized spacial score (nSPS) is 12.0. The number of ether oxygens (including phenoxy) is 2. The minimum absolute atomic E-state index is 0.0381. The van der Waals surface area contributed by atoms with Gasteiger partial charge in [0.25, 0.3) is 0 Å². The van der Waals surface area contributed by atoms with Crippen LogP contribution in [0.4, 0.5) is 10.7 Å². The maximum atomic E-state index is 12.7. The van der Waals surface area contributed by atoms with Crippen LogP contribution < -0.4 is 19.5 Å². The molecule has 1 heterocycles. The van der Waals surface area contributed by atoms with E-state index in [4.69, 9.17) is 9.47 Å². The van der Waals surface area contributed by atoms with Crippen LogP contribution in [-0.2, 0) is 10.0 Å². The molecule has 0 aliphatic carbocycles. The number of benzene rings is 1. The van der Waals surface area contributed by atoms with E-state index in [0.29, 0.717) is 0 Å². The van der Waals surface area contributed by atoms with Gasteiger partial charge in [0.2, 0.25) is 27.7 Å². The van der Waals surface area contributed by atoms with Crippen molar-refractivity contribution in [1.29, 1.82) is 0 Å². The molecular formula is C17H20N4O7S. The average Bonchev–Trinajstić information content (AvgIpc) is 2.67. The standard InChI is InChI=1S/C17H20N4O7S/c1-4-12(10-7-5-6-8-11(10)15(22)23)29(25,26)21-17(24)20-16-18-13(27-2)9-14(19-16)28-3/h5-9,12H,4H2,1-3H3,(H,22,23)(H2,18,19,20,21,24). The molecule has 0 bridgehead atoms. The number of aromatic carboxylic acids is 1. The number of nitrogens with zero attached hydrogens (tertiary/aromatic N) is 2. The number of hydrogen-bond acceptors (Lipinski definition) is 8. The van der Waals surface area contributed by atoms with Crippen molar-refractivity contribution in [3.8, 4) is 11.8 Å². The van der Waals surface area contributed by atoms with Gasteiger partial charge in [-0.05, 0) is 18.1 Å². The lowest BCUT2D eigenvalue weighted by Gasteiger charge is -2.18. The van der Waals surface area contributed by atoms with E-state index in [0.717, 1.165) is 0 Å². The summed E-state index contributed by atoms with van der Waals surface area (Å²) in [4.78, 5) is 31.4. The monoisotopic (exact) mass is 424 g/mol. The van der Waals surface area contributed by atoms with Gasteiger partial charge in [-0.2, -0.15) is 9.97 Å². The van der Waals surface area contributed by atoms with Crippen LogP contribution in [0, 0.1) is 0 Å². The highest BCUT2D eigenvalue weighted by Crippen LogP contribution is 2.28. The Bertz CT molecular complexity index is 988. The van der Waals surface area contributed by atoms with Crippen molar-refractivity contribution in [2.45, 2.75) is 18.6 Å². The number of nitrogens with one attached hydrogen (secondary N) is 2. The molecule has 1 atom stereocenters. The number of amides is 2. The van der Waals surface area contributed by atoms with Gasteiger partial charge in [-0.25, -0.2) is 22.7 Å². The van der Waals surface area contributed by atoms with Crippen LogP contribution in [0.3, 0.4) is 0 Å². The summed E-state index contributed by atoms with van der Waals surface area (Å²) in [7, 11) is -1.58. The van der Waals surface area contributed by atoms with Gasteiger partial charge >= 0.3 is 12.0 Å². The molecule has 0 spiro atoms. The van der Waals surface area contributed by atoms with Crippen molar-refractivity contribution >= 4 is 28.0 Å². The summed E-state index contributed by atoms with van der Waals surface area (Å²) in [6.07, 6.45) is 0.0381. The third-order valence-electron chi connectivity index (χ3n) is 3.84. The number of sulfonamides is 1. The highest BCUT2D eigenvalue weighted by molar-refractivity contribution is 7.90. The first-order valence-corrected chi connectivity index (χ1v) is 9.88. The quantitative estimate of drug-likeness (QED) is 0.574. The summed E-state index contributed by atoms with van der Waals surface area (Å²) >= 11 is 0. The second-order valence-corrected chi connectivity index (χ2v) is 7.53. The second-order valence-electron chi connectivity index (χ2n) is 5.67. The molecule has 0 saturated heterocycles. The number of carbonyl (C=O) groups is 2. The lowest BCUT2D eigenvalue weighted by molar-refractivity contribution is 0.0695. The largest absolute Gasteiger partial charge is 0.481 e. The number of hydrogen-bond donors (Lipinski definition) is 3. The molecule has 2 rings (SSSR count). The summed E-state index contributed by atoms with van der Waals surface area (Å²) in [5.74, 6) is -1.32. The lowest BCUT2D eigenvalue weighted by atomic mass is 10.0. The molecule has 0 radical (unpaired) electrons. The molecule has 156 valence electrons. The Labute approximate surface area is 167 Å². The van der Waals surface area contributed by atoms with Gasteiger partial charge in [-0.1, -0.05) is 25.1 Å². The Morgan fingerprint density at radius 2 is 1.72 bits per heavy atom. The molecule has 0 aliphatic heterocycles. The molecule has 2 amide bonds. The van der Waals surface area contributed by atoms with Crippen molar-refractivity contribution in [1.82, 2.24) is 14.7 Å². The molecule has 11 nitrogen and oxygen atoms in total. The summed E-state index contributed by atoms with van der Waals surface area (Å²) in [5.41, 5.74) is -0.0897. The first-order chi connectivity index (χ1) is 13.7. The van der Waals surface area contributed by atoms with Crippen LogP contribution in [0.25, 0.3) is 0 Å². The topological polar surface area (TPSA) is 157 Å². The molecule has 0 fully saturated rings. The van der Waals surface area contributed by atoms with Crippen molar-refractivity contribution < 1.29 is 32.6 Å². The van der Waals surface area contributed by atoms with Gasteiger partial charge < -0.3 is 14.6 Å². The number of methoxy groups -OCH3 is 2. The molecular weight excluding hydrogens is 404 g/mol. The molecule has 3 N–H and O–H groups in total. The van der Waals surface area contributed by atoms with Gasteiger partial charge in [-0.15, -0.1) is 0 Å². The lowest BCUT2D eigenvalue weighted by Crippen LogP contribution is -2.38. The van der Waals surface area contributed by atoms with Gasteiger partial charge in [0.15, 0.2) is 0 Å². The van der Waals surface area contributed by atoms with E-state index in [-0.39, 0.29) is 35.3 Å². The summed E-state index contributed by atoms with van der Waals surface area (Å²) in [5, 5.41) is 10.2. The average molecular weight is 424 g/mol. The first-order valence-electron chi connectivity index (χ1n) is 8.33. The molecule has 2 aromatic rings. The Morgan fingerprint density at radius 1 is 1.14 bits per heavy atom. The van der Waals surface area contributed by atoms with Gasteiger partial charge in [0.05, 0.1) is 25.8 Å². The van der Waals surface area contributed by atoms with E-state index in [1.54, 1.807) is 6.92 Å². The van der Waals surface area contributed by atoms with Gasteiger partial charge in [-0.3, -0.25) is 5.32 Å². The van der Waals surface area contributed by atoms with Crippen molar-refractivity contribution in [3.05, 3.63) is 41.5 Å². The fourth-order valence-electron chi connectivity index (χ4n) is 2.58. The predicted octanol–water partition coefficient (Wildman–Crippen LogP) is 1.79. The van der Waals surface area contributed by atoms with Crippen LogP contribution in [0.2, 0.25) is 0 Å². The third kappa shape index (κ3) is 5.31. The molecule has 1 unspecified atom stereocenters. The molecule has 1 aromatic heterocycles. The minimum atomic E-state index is -4.28. The van der Waals surface area contributed by atoms with Gasteiger partial charge in [0, 0.05) is 0 Å². The van der Waals surface area contributed by atoms with Crippen LogP contribution in [0.1, 0.15) is 34.5 Å². The van der Waals surface area contributed by atoms with E-state index in [1.807, 2.05) is 4.72 Å². The first kappa shape index (κ1) is 21.9. The number of urea groups is 1. The molecule has 0 aliphatic rings. The molecule has 0 saturated carbocycles. The molecule has 12 heteroatoms. The highest BCUT2D eigenvalue weighted by atomic mass is 32.2. The summed E-state index contributed by atoms with van der Waals surface area (Å²) < 4.78 is 37.2. The van der Waals surface area contributed by atoms with Crippen LogP contribution >= 0.6 is 0 Å². The number of rotatable bonds is 8. The maximum Gasteiger partial charge on any atom is 0.336 e. The SMILES string of the molecule is CCC(c1ccccc1C(=O)O)S(=O)(=O)NC(=O)Nc1nc(OC)cc(OC)n1. The van der Waals surface area contributed by atoms with E-state index >= 15 is 0 Å². The predicted molar refractivity (Wildman–Crippen MR) is 103 cm³/mol. The van der Waals surface area contributed by atoms with E-state index in [2.05, 4.69) is 15.3 Å². The fourth-order valence-corrected chi connectivity index (χ4v) is 4.01. The number of carboxylic acids is 1. The number of anilines is 1. The third-order valence-corrected chi connectivity index (χ3v) is 5.65. The zero-order valence-corrected chi connectivity index (χ0v) is 16.7. The Morgan fingerprint density at radius 3 is 2.24 bits per heavy atom. The second kappa shape index (κ2) is 9.19. The summed E-state index contributed by atoms with van der Waals surface area (Å²) in [6, 6.07) is 5.95. The zero-order valence-electron chi connectivity index (χ0n) is 15.9. The van der Waals surface area contributed by atoms with Crippen LogP contribution in [0.15, 0.2) is 30.3 Å². The highest BCUT2D eigenvalue weighted by Gasteiger charge is 2.31. The Kier molecular flexibility index (Phi) is 6.93. The number of carbonyl (C=O) groups excluding carboxylic acids is 1. The Balaban J connectivity index is 2.26. The van der Waals surface area contributed by atoms with E-state index in [1.165, 1.54) is 44.6 Å². The van der Waals surface area contributed by atoms with Crippen molar-refractivity contribution in [3.63, 3.8) is 0 Å². The minimum Gasteiger partial charge on any atom is -0.481 e. The van der Waals surface area contributed by atoms with Gasteiger partial charge in [0.1, 0.15) is 5.25 Å². The zero-order chi connectivity index (χ0) is 21.6. The summed E-state index contributed by atoms with van der Waals surface area (Å²) in [6.45, 7) is 1.57. The smallest absolute Gasteiger partial charge is 0.336 e. The van der Waals surface area contributed by atoms with Crippen molar-refractivity contribution in [2.24, 2.45) is 0 Å². The number of aromatic nitrogens is 2. The molecule has 1 aromatic carbocycles. The molecule has 29 heavy (non-hydrogen) atoms. The number of carboxylic acid groups (broad SMARTS) is 1. The maximum absolute atomic E-state index is 12.7. The fraction of sp³-hybridized carbons (Fsp3) is 0.294. The van der Waals surface area contributed by atoms with E-state index < -0.39 is 27.3 Å². The van der Waals surface area contributed by atoms with Crippen LogP contribution in [-0.4, -0.2) is 49.7 Å². The van der Waals surface area contributed by atoms with Crippen molar-refractivity contribution in [2.75, 3.05) is 19.5 Å². The Hall–Kier alpha value is -3.41. The van der Waals surface area contributed by atoms with E-state index in [9.17, 15) is 23.1 Å².